The molecule has 1 atom stereocenters. The molecule has 0 heterocycles. The Bertz CT molecular complexity index is 444. The molecule has 4 N–H and O–H groups in total. The summed E-state index contributed by atoms with van der Waals surface area (Å²) in [6.07, 6.45) is 2.50. The van der Waals surface area contributed by atoms with Gasteiger partial charge in [-0.05, 0) is 36.3 Å². The van der Waals surface area contributed by atoms with Crippen LogP contribution in [0.25, 0.3) is 0 Å². The summed E-state index contributed by atoms with van der Waals surface area (Å²) in [6, 6.07) is 3.82. The smallest absolute Gasteiger partial charge is 0.142 e. The number of halogens is 1. The third kappa shape index (κ3) is 3.62. The van der Waals surface area contributed by atoms with E-state index < -0.39 is 0 Å². The van der Waals surface area contributed by atoms with E-state index in [9.17, 15) is 0 Å². The highest BCUT2D eigenvalue weighted by atomic mass is 35.5. The highest BCUT2D eigenvalue weighted by molar-refractivity contribution is 6.32. The predicted molar refractivity (Wildman–Crippen MR) is 79.7 cm³/mol. The molecular weight excluding hydrogens is 260 g/mol. The van der Waals surface area contributed by atoms with Gasteiger partial charge in [0.05, 0.1) is 11.6 Å². The number of ether oxygens (including phenoxy) is 1. The summed E-state index contributed by atoms with van der Waals surface area (Å²) in [5, 5.41) is 0.644. The summed E-state index contributed by atoms with van der Waals surface area (Å²) in [5.41, 5.74) is 13.9. The summed E-state index contributed by atoms with van der Waals surface area (Å²) in [6.45, 7) is 5.38. The van der Waals surface area contributed by atoms with Crippen molar-refractivity contribution < 1.29 is 4.74 Å². The zero-order valence-corrected chi connectivity index (χ0v) is 12.4. The Labute approximate surface area is 120 Å². The molecule has 1 aromatic rings. The number of nitrogens with two attached hydrogens (primary N) is 2. The van der Waals surface area contributed by atoms with Crippen molar-refractivity contribution in [3.05, 3.63) is 28.3 Å². The van der Waals surface area contributed by atoms with Gasteiger partial charge in [0.15, 0.2) is 0 Å². The van der Waals surface area contributed by atoms with Crippen LogP contribution in [0.3, 0.4) is 0 Å². The first-order chi connectivity index (χ1) is 9.02. The molecule has 106 valence electrons. The van der Waals surface area contributed by atoms with Gasteiger partial charge in [0, 0.05) is 18.2 Å². The Morgan fingerprint density at radius 1 is 1.37 bits per heavy atom. The summed E-state index contributed by atoms with van der Waals surface area (Å²) < 4.78 is 5.88. The second-order valence-corrected chi connectivity index (χ2v) is 6.08. The second kappa shape index (κ2) is 6.12. The molecule has 1 aliphatic carbocycles. The average Bonchev–Trinajstić information content (AvgIpc) is 3.19. The third-order valence-electron chi connectivity index (χ3n) is 3.58. The molecule has 0 spiro atoms. The van der Waals surface area contributed by atoms with Crippen molar-refractivity contribution in [2.24, 2.45) is 17.4 Å². The van der Waals surface area contributed by atoms with E-state index in [-0.39, 0.29) is 6.04 Å². The lowest BCUT2D eigenvalue weighted by molar-refractivity contribution is 0.295. The minimum Gasteiger partial charge on any atom is -0.491 e. The van der Waals surface area contributed by atoms with Gasteiger partial charge in [-0.2, -0.15) is 0 Å². The van der Waals surface area contributed by atoms with Crippen LogP contribution in [0, 0.1) is 5.92 Å². The maximum atomic E-state index is 6.36. The maximum absolute atomic E-state index is 6.36. The topological polar surface area (TPSA) is 61.3 Å². The van der Waals surface area contributed by atoms with E-state index in [1.807, 2.05) is 6.07 Å². The Morgan fingerprint density at radius 3 is 2.58 bits per heavy atom. The fourth-order valence-electron chi connectivity index (χ4n) is 2.01. The first-order valence-electron chi connectivity index (χ1n) is 6.94. The Morgan fingerprint density at radius 2 is 2.05 bits per heavy atom. The fourth-order valence-corrected chi connectivity index (χ4v) is 2.30. The molecule has 0 radical (unpaired) electrons. The van der Waals surface area contributed by atoms with Crippen LogP contribution in [0.4, 0.5) is 0 Å². The molecule has 19 heavy (non-hydrogen) atoms. The van der Waals surface area contributed by atoms with Gasteiger partial charge >= 0.3 is 0 Å². The van der Waals surface area contributed by atoms with Crippen LogP contribution >= 0.6 is 11.6 Å². The van der Waals surface area contributed by atoms with Gasteiger partial charge in [0.1, 0.15) is 5.75 Å². The van der Waals surface area contributed by atoms with E-state index in [1.165, 1.54) is 18.4 Å². The van der Waals surface area contributed by atoms with E-state index in [4.69, 9.17) is 27.8 Å². The first kappa shape index (κ1) is 14.6. The van der Waals surface area contributed by atoms with Crippen LogP contribution in [0.15, 0.2) is 12.1 Å². The maximum Gasteiger partial charge on any atom is 0.142 e. The van der Waals surface area contributed by atoms with E-state index in [2.05, 4.69) is 19.9 Å². The molecule has 4 heteroatoms. The Balaban J connectivity index is 2.31. The zero-order chi connectivity index (χ0) is 14.0. The average molecular weight is 283 g/mol. The molecule has 1 aliphatic rings. The van der Waals surface area contributed by atoms with Crippen molar-refractivity contribution >= 4 is 11.6 Å². The minimum atomic E-state index is -0.231. The van der Waals surface area contributed by atoms with Crippen LogP contribution in [-0.2, 0) is 0 Å². The fraction of sp³-hybridized carbons (Fsp3) is 0.600. The van der Waals surface area contributed by atoms with Gasteiger partial charge in [-0.25, -0.2) is 0 Å². The molecule has 0 bridgehead atoms. The van der Waals surface area contributed by atoms with Crippen molar-refractivity contribution in [3.63, 3.8) is 0 Å². The SMILES string of the molecule is CC(C)c1cc(Cl)c(OCC2CC2)c(C(N)CN)c1. The molecule has 1 fully saturated rings. The van der Waals surface area contributed by atoms with Crippen LogP contribution in [0.5, 0.6) is 5.75 Å². The predicted octanol–water partition coefficient (Wildman–Crippen LogP) is 3.21. The monoisotopic (exact) mass is 282 g/mol. The largest absolute Gasteiger partial charge is 0.491 e. The minimum absolute atomic E-state index is 0.231. The second-order valence-electron chi connectivity index (χ2n) is 5.67. The van der Waals surface area contributed by atoms with Gasteiger partial charge in [-0.15, -0.1) is 0 Å². The van der Waals surface area contributed by atoms with Gasteiger partial charge < -0.3 is 16.2 Å². The highest BCUT2D eigenvalue weighted by Gasteiger charge is 2.24. The van der Waals surface area contributed by atoms with Crippen LogP contribution < -0.4 is 16.2 Å². The van der Waals surface area contributed by atoms with Crippen molar-refractivity contribution in [2.75, 3.05) is 13.2 Å². The normalized spacial score (nSPS) is 16.7. The van der Waals surface area contributed by atoms with Crippen molar-refractivity contribution in [3.8, 4) is 5.75 Å². The lowest BCUT2D eigenvalue weighted by atomic mass is 9.97. The van der Waals surface area contributed by atoms with Crippen LogP contribution in [-0.4, -0.2) is 13.2 Å². The molecule has 0 aliphatic heterocycles. The summed E-state index contributed by atoms with van der Waals surface area (Å²) >= 11 is 6.36. The lowest BCUT2D eigenvalue weighted by Crippen LogP contribution is -2.22. The van der Waals surface area contributed by atoms with Crippen molar-refractivity contribution in [1.82, 2.24) is 0 Å². The quantitative estimate of drug-likeness (QED) is 0.842. The van der Waals surface area contributed by atoms with E-state index in [1.54, 1.807) is 0 Å². The van der Waals surface area contributed by atoms with Crippen LogP contribution in [0.2, 0.25) is 5.02 Å². The molecule has 0 saturated heterocycles. The number of hydrogen-bond acceptors (Lipinski definition) is 3. The Hall–Kier alpha value is -0.770. The molecule has 1 unspecified atom stereocenters. The first-order valence-corrected chi connectivity index (χ1v) is 7.32. The van der Waals surface area contributed by atoms with Gasteiger partial charge in [0.2, 0.25) is 0 Å². The summed E-state index contributed by atoms with van der Waals surface area (Å²) in [5.74, 6) is 1.80. The Kier molecular flexibility index (Phi) is 4.71. The molecule has 1 saturated carbocycles. The van der Waals surface area contributed by atoms with E-state index in [0.717, 1.165) is 17.9 Å². The number of rotatable bonds is 6. The number of hydrogen-bond donors (Lipinski definition) is 2. The highest BCUT2D eigenvalue weighted by Crippen LogP contribution is 2.37. The van der Waals surface area contributed by atoms with Gasteiger partial charge in [-0.3, -0.25) is 0 Å². The van der Waals surface area contributed by atoms with E-state index >= 15 is 0 Å². The summed E-state index contributed by atoms with van der Waals surface area (Å²) in [7, 11) is 0. The molecule has 0 amide bonds. The summed E-state index contributed by atoms with van der Waals surface area (Å²) in [4.78, 5) is 0. The standard InChI is InChI=1S/C15H23ClN2O/c1-9(2)11-5-12(14(18)7-17)15(13(16)6-11)19-8-10-3-4-10/h5-6,9-10,14H,3-4,7-8,17-18H2,1-2H3. The molecule has 3 nitrogen and oxygen atoms in total. The van der Waals surface area contributed by atoms with Gasteiger partial charge in [-0.1, -0.05) is 31.5 Å². The van der Waals surface area contributed by atoms with E-state index in [0.29, 0.717) is 23.4 Å². The van der Waals surface area contributed by atoms with Gasteiger partial charge in [0.25, 0.3) is 0 Å². The number of benzene rings is 1. The molecular formula is C15H23ClN2O. The zero-order valence-electron chi connectivity index (χ0n) is 11.7. The van der Waals surface area contributed by atoms with Crippen LogP contribution in [0.1, 0.15) is 49.8 Å². The molecule has 0 aromatic heterocycles. The third-order valence-corrected chi connectivity index (χ3v) is 3.86. The van der Waals surface area contributed by atoms with Crippen molar-refractivity contribution in [1.29, 1.82) is 0 Å². The molecule has 2 rings (SSSR count). The lowest BCUT2D eigenvalue weighted by Gasteiger charge is -2.19. The van der Waals surface area contributed by atoms with Crippen molar-refractivity contribution in [2.45, 2.75) is 38.6 Å². The molecule has 1 aromatic carbocycles.